The predicted octanol–water partition coefficient (Wildman–Crippen LogP) is 2.97. The number of hydrogen-bond donors (Lipinski definition) is 0. The quantitative estimate of drug-likeness (QED) is 0.618. The van der Waals surface area contributed by atoms with Crippen molar-refractivity contribution in [2.45, 2.75) is 47.5 Å². The van der Waals surface area contributed by atoms with E-state index < -0.39 is 0 Å². The molecule has 0 bridgehead atoms. The van der Waals surface area contributed by atoms with Crippen LogP contribution in [-0.4, -0.2) is 30.3 Å². The molecule has 0 N–H and O–H groups in total. The first-order chi connectivity index (χ1) is 6.97. The average Bonchev–Trinajstić information content (AvgIpc) is 2.15. The Bertz CT molecular complexity index is 175. The maximum absolute atomic E-state index is 11.4. The highest BCUT2D eigenvalue weighted by Gasteiger charge is 2.09. The molecular formula is C13H27NO. The largest absolute Gasteiger partial charge is 0.303 e. The van der Waals surface area contributed by atoms with Crippen LogP contribution in [0.1, 0.15) is 47.5 Å². The molecular weight excluding hydrogens is 186 g/mol. The van der Waals surface area contributed by atoms with E-state index in [1.165, 1.54) is 0 Å². The summed E-state index contributed by atoms with van der Waals surface area (Å²) in [4.78, 5) is 13.8. The number of ketones is 1. The molecule has 0 saturated heterocycles. The van der Waals surface area contributed by atoms with E-state index in [0.717, 1.165) is 32.5 Å². The molecule has 0 aliphatic heterocycles. The highest BCUT2D eigenvalue weighted by atomic mass is 16.1. The Balaban J connectivity index is 3.67. The van der Waals surface area contributed by atoms with Gasteiger partial charge >= 0.3 is 0 Å². The van der Waals surface area contributed by atoms with Gasteiger partial charge in [-0.1, -0.05) is 34.6 Å². The zero-order valence-electron chi connectivity index (χ0n) is 11.0. The Kier molecular flexibility index (Phi) is 7.67. The van der Waals surface area contributed by atoms with E-state index in [2.05, 4.69) is 25.7 Å². The number of hydrogen-bond acceptors (Lipinski definition) is 2. The monoisotopic (exact) mass is 213 g/mol. The first-order valence-corrected chi connectivity index (χ1v) is 6.22. The summed E-state index contributed by atoms with van der Waals surface area (Å²) in [7, 11) is 0. The first-order valence-electron chi connectivity index (χ1n) is 6.22. The lowest BCUT2D eigenvalue weighted by molar-refractivity contribution is -0.122. The van der Waals surface area contributed by atoms with Crippen LogP contribution in [0.3, 0.4) is 0 Å². The van der Waals surface area contributed by atoms with Crippen molar-refractivity contribution >= 4 is 5.78 Å². The van der Waals surface area contributed by atoms with Crippen LogP contribution in [0, 0.1) is 11.8 Å². The normalized spacial score (nSPS) is 11.7. The molecule has 15 heavy (non-hydrogen) atoms. The predicted molar refractivity (Wildman–Crippen MR) is 66.0 cm³/mol. The zero-order valence-corrected chi connectivity index (χ0v) is 11.0. The first kappa shape index (κ1) is 14.6. The lowest BCUT2D eigenvalue weighted by atomic mass is 10.0. The molecule has 0 amide bonds. The van der Waals surface area contributed by atoms with E-state index in [-0.39, 0.29) is 5.92 Å². The minimum Gasteiger partial charge on any atom is -0.303 e. The summed E-state index contributed by atoms with van der Waals surface area (Å²) in [6, 6.07) is 0. The molecule has 2 heteroatoms. The van der Waals surface area contributed by atoms with Crippen LogP contribution in [-0.2, 0) is 4.79 Å². The highest BCUT2D eigenvalue weighted by molar-refractivity contribution is 5.80. The third-order valence-electron chi connectivity index (χ3n) is 2.61. The summed E-state index contributed by atoms with van der Waals surface area (Å²) in [5.74, 6) is 1.31. The minimum absolute atomic E-state index is 0.199. The Hall–Kier alpha value is -0.370. The molecule has 0 aromatic heterocycles. The summed E-state index contributed by atoms with van der Waals surface area (Å²) in [5, 5.41) is 0. The summed E-state index contributed by atoms with van der Waals surface area (Å²) >= 11 is 0. The van der Waals surface area contributed by atoms with Crippen molar-refractivity contribution in [3.05, 3.63) is 0 Å². The lowest BCUT2D eigenvalue weighted by Crippen LogP contribution is -2.29. The Morgan fingerprint density at radius 1 is 1.20 bits per heavy atom. The van der Waals surface area contributed by atoms with Gasteiger partial charge in [-0.2, -0.15) is 0 Å². The minimum atomic E-state index is 0.199. The molecule has 0 radical (unpaired) electrons. The fraction of sp³-hybridized carbons (Fsp3) is 0.923. The molecule has 2 nitrogen and oxygen atoms in total. The van der Waals surface area contributed by atoms with Gasteiger partial charge in [-0.25, -0.2) is 0 Å². The Labute approximate surface area is 95.0 Å². The van der Waals surface area contributed by atoms with Gasteiger partial charge in [0.1, 0.15) is 5.78 Å². The fourth-order valence-corrected chi connectivity index (χ4v) is 1.66. The van der Waals surface area contributed by atoms with E-state index >= 15 is 0 Å². The van der Waals surface area contributed by atoms with E-state index in [0.29, 0.717) is 11.7 Å². The molecule has 0 saturated carbocycles. The number of Topliss-reactive ketones (excluding diaryl/α,β-unsaturated/α-hetero) is 1. The standard InChI is InChI=1S/C13H27NO/c1-6-14(10-11(2)3)9-7-8-13(15)12(4)5/h11-12H,6-10H2,1-5H3. The Morgan fingerprint density at radius 2 is 1.80 bits per heavy atom. The van der Waals surface area contributed by atoms with Crippen LogP contribution in [0.15, 0.2) is 0 Å². The van der Waals surface area contributed by atoms with E-state index in [4.69, 9.17) is 0 Å². The molecule has 0 heterocycles. The molecule has 0 atom stereocenters. The maximum atomic E-state index is 11.4. The van der Waals surface area contributed by atoms with Crippen LogP contribution in [0.2, 0.25) is 0 Å². The van der Waals surface area contributed by atoms with Gasteiger partial charge in [-0.3, -0.25) is 4.79 Å². The second-order valence-corrected chi connectivity index (χ2v) is 5.01. The fourth-order valence-electron chi connectivity index (χ4n) is 1.66. The van der Waals surface area contributed by atoms with Crippen molar-refractivity contribution in [1.82, 2.24) is 4.90 Å². The van der Waals surface area contributed by atoms with Gasteiger partial charge in [0.2, 0.25) is 0 Å². The van der Waals surface area contributed by atoms with E-state index in [1.54, 1.807) is 0 Å². The van der Waals surface area contributed by atoms with Crippen molar-refractivity contribution in [2.75, 3.05) is 19.6 Å². The Morgan fingerprint density at radius 3 is 2.20 bits per heavy atom. The van der Waals surface area contributed by atoms with Gasteiger partial charge in [0.15, 0.2) is 0 Å². The van der Waals surface area contributed by atoms with Crippen LogP contribution < -0.4 is 0 Å². The van der Waals surface area contributed by atoms with E-state index in [9.17, 15) is 4.79 Å². The third-order valence-corrected chi connectivity index (χ3v) is 2.61. The van der Waals surface area contributed by atoms with Crippen molar-refractivity contribution in [1.29, 1.82) is 0 Å². The molecule has 0 aromatic carbocycles. The van der Waals surface area contributed by atoms with Crippen LogP contribution >= 0.6 is 0 Å². The molecule has 0 fully saturated rings. The number of nitrogens with zero attached hydrogens (tertiary/aromatic N) is 1. The van der Waals surface area contributed by atoms with Gasteiger partial charge in [0.05, 0.1) is 0 Å². The second-order valence-electron chi connectivity index (χ2n) is 5.01. The van der Waals surface area contributed by atoms with Gasteiger partial charge in [0.25, 0.3) is 0 Å². The van der Waals surface area contributed by atoms with Gasteiger partial charge in [-0.05, 0) is 25.4 Å². The summed E-state index contributed by atoms with van der Waals surface area (Å²) in [5.41, 5.74) is 0. The zero-order chi connectivity index (χ0) is 11.8. The van der Waals surface area contributed by atoms with Crippen LogP contribution in [0.25, 0.3) is 0 Å². The highest BCUT2D eigenvalue weighted by Crippen LogP contribution is 2.05. The summed E-state index contributed by atoms with van der Waals surface area (Å²) < 4.78 is 0. The lowest BCUT2D eigenvalue weighted by Gasteiger charge is -2.22. The molecule has 0 aromatic rings. The van der Waals surface area contributed by atoms with Crippen molar-refractivity contribution < 1.29 is 4.79 Å². The second kappa shape index (κ2) is 7.86. The van der Waals surface area contributed by atoms with E-state index in [1.807, 2.05) is 13.8 Å². The van der Waals surface area contributed by atoms with Gasteiger partial charge < -0.3 is 4.90 Å². The molecule has 0 rings (SSSR count). The number of rotatable bonds is 8. The third kappa shape index (κ3) is 7.55. The van der Waals surface area contributed by atoms with Crippen LogP contribution in [0.4, 0.5) is 0 Å². The molecule has 0 unspecified atom stereocenters. The summed E-state index contributed by atoms with van der Waals surface area (Å²) in [6.45, 7) is 13.9. The topological polar surface area (TPSA) is 20.3 Å². The van der Waals surface area contributed by atoms with Crippen molar-refractivity contribution in [3.63, 3.8) is 0 Å². The van der Waals surface area contributed by atoms with Crippen LogP contribution in [0.5, 0.6) is 0 Å². The molecule has 0 spiro atoms. The SMILES string of the molecule is CCN(CCCC(=O)C(C)C)CC(C)C. The van der Waals surface area contributed by atoms with Gasteiger partial charge in [-0.15, -0.1) is 0 Å². The molecule has 90 valence electrons. The maximum Gasteiger partial charge on any atom is 0.135 e. The van der Waals surface area contributed by atoms with Crippen molar-refractivity contribution in [3.8, 4) is 0 Å². The molecule has 0 aliphatic carbocycles. The number of carbonyl (C=O) groups is 1. The average molecular weight is 213 g/mol. The number of carbonyl (C=O) groups excluding carboxylic acids is 1. The smallest absolute Gasteiger partial charge is 0.135 e. The van der Waals surface area contributed by atoms with Crippen molar-refractivity contribution in [2.24, 2.45) is 11.8 Å². The summed E-state index contributed by atoms with van der Waals surface area (Å²) in [6.07, 6.45) is 1.75. The molecule has 0 aliphatic rings. The van der Waals surface area contributed by atoms with Gasteiger partial charge in [0, 0.05) is 18.9 Å².